The molecule has 0 saturated carbocycles. The Kier molecular flexibility index (Phi) is 5.50. The maximum atomic E-state index is 8.56. The average Bonchev–Trinajstić information content (AvgIpc) is 2.40. The van der Waals surface area contributed by atoms with Crippen LogP contribution in [0.5, 0.6) is 11.5 Å². The van der Waals surface area contributed by atoms with Gasteiger partial charge in [-0.1, -0.05) is 0 Å². The van der Waals surface area contributed by atoms with E-state index in [4.69, 9.17) is 10.1 Å². The highest BCUT2D eigenvalue weighted by Crippen LogP contribution is 2.25. The van der Waals surface area contributed by atoms with Crippen LogP contribution in [0.25, 0.3) is 4.98 Å². The van der Waals surface area contributed by atoms with Gasteiger partial charge in [-0.15, -0.1) is 11.8 Å². The van der Waals surface area contributed by atoms with Gasteiger partial charge in [0.15, 0.2) is 4.98 Å². The third-order valence-corrected chi connectivity index (χ3v) is 2.99. The number of nitrogens with zero attached hydrogens (tertiary/aromatic N) is 2. The Hall–Kier alpha value is -1.70. The van der Waals surface area contributed by atoms with Crippen molar-refractivity contribution in [2.45, 2.75) is 4.90 Å². The third-order valence-electron chi connectivity index (χ3n) is 2.25. The van der Waals surface area contributed by atoms with Crippen LogP contribution in [0.1, 0.15) is 0 Å². The Bertz CT molecular complexity index is 534. The minimum atomic E-state index is 0. The van der Waals surface area contributed by atoms with Crippen molar-refractivity contribution in [3.05, 3.63) is 53.5 Å². The molecule has 0 radical (unpaired) electrons. The Labute approximate surface area is 116 Å². The van der Waals surface area contributed by atoms with Gasteiger partial charge in [0.2, 0.25) is 5.39 Å². The lowest BCUT2D eigenvalue weighted by atomic mass is 10.3. The molecule has 0 aliphatic heterocycles. The number of halogens is 1. The molecule has 0 aliphatic rings. The summed E-state index contributed by atoms with van der Waals surface area (Å²) in [7, 11) is 0. The number of hydrogen-bond acceptors (Lipinski definition) is 3. The van der Waals surface area contributed by atoms with Crippen molar-refractivity contribution in [3.8, 4) is 11.5 Å². The summed E-state index contributed by atoms with van der Waals surface area (Å²) in [4.78, 5) is 4.28. The summed E-state index contributed by atoms with van der Waals surface area (Å²) in [6.07, 6.45) is 2.03. The van der Waals surface area contributed by atoms with E-state index in [9.17, 15) is 0 Å². The molecule has 0 spiro atoms. The van der Waals surface area contributed by atoms with E-state index in [1.165, 1.54) is 4.90 Å². The lowest BCUT2D eigenvalue weighted by molar-refractivity contribution is -0.00000414. The predicted molar refractivity (Wildman–Crippen MR) is 69.5 cm³/mol. The maximum absolute atomic E-state index is 8.56. The molecule has 0 aromatic heterocycles. The second-order valence-electron chi connectivity index (χ2n) is 3.37. The maximum Gasteiger partial charge on any atom is 0.385 e. The molecular formula is C13H11ClN2OS. The van der Waals surface area contributed by atoms with Gasteiger partial charge in [0.1, 0.15) is 11.5 Å². The van der Waals surface area contributed by atoms with Crippen molar-refractivity contribution in [2.75, 3.05) is 6.26 Å². The van der Waals surface area contributed by atoms with E-state index < -0.39 is 0 Å². The van der Waals surface area contributed by atoms with Gasteiger partial charge >= 0.3 is 5.69 Å². The molecule has 18 heavy (non-hydrogen) atoms. The van der Waals surface area contributed by atoms with Gasteiger partial charge in [-0.3, -0.25) is 0 Å². The van der Waals surface area contributed by atoms with Crippen molar-refractivity contribution in [1.82, 2.24) is 0 Å². The number of diazo groups is 1. The fourth-order valence-electron chi connectivity index (χ4n) is 1.36. The van der Waals surface area contributed by atoms with E-state index in [1.807, 2.05) is 30.5 Å². The lowest BCUT2D eigenvalue weighted by Crippen LogP contribution is -3.00. The molecule has 2 rings (SSSR count). The fraction of sp³-hybridized carbons (Fsp3) is 0.0769. The summed E-state index contributed by atoms with van der Waals surface area (Å²) >= 11 is 1.69. The first-order chi connectivity index (χ1) is 8.31. The monoisotopic (exact) mass is 278 g/mol. The molecule has 0 bridgehead atoms. The number of thioether (sulfide) groups is 1. The van der Waals surface area contributed by atoms with Crippen molar-refractivity contribution in [1.29, 1.82) is 5.39 Å². The molecule has 5 heteroatoms. The van der Waals surface area contributed by atoms with Crippen molar-refractivity contribution in [3.63, 3.8) is 0 Å². The van der Waals surface area contributed by atoms with E-state index in [2.05, 4.69) is 4.98 Å². The van der Waals surface area contributed by atoms with E-state index in [0.717, 1.165) is 5.75 Å². The van der Waals surface area contributed by atoms with Gasteiger partial charge in [-0.05, 0) is 42.7 Å². The van der Waals surface area contributed by atoms with Crippen LogP contribution in [-0.2, 0) is 0 Å². The van der Waals surface area contributed by atoms with E-state index in [0.29, 0.717) is 11.4 Å². The third kappa shape index (κ3) is 3.66. The number of hydrogen-bond donors (Lipinski definition) is 0. The van der Waals surface area contributed by atoms with Crippen LogP contribution in [0.4, 0.5) is 5.69 Å². The highest BCUT2D eigenvalue weighted by molar-refractivity contribution is 7.98. The second-order valence-corrected chi connectivity index (χ2v) is 4.25. The first-order valence-electron chi connectivity index (χ1n) is 5.09. The lowest BCUT2D eigenvalue weighted by Gasteiger charge is -2.05. The van der Waals surface area contributed by atoms with Gasteiger partial charge in [-0.2, -0.15) is 0 Å². The highest BCUT2D eigenvalue weighted by atomic mass is 35.5. The molecule has 2 aromatic rings. The summed E-state index contributed by atoms with van der Waals surface area (Å²) in [5.41, 5.74) is 0.509. The van der Waals surface area contributed by atoms with Crippen molar-refractivity contribution >= 4 is 17.4 Å². The van der Waals surface area contributed by atoms with Crippen LogP contribution < -0.4 is 17.1 Å². The minimum Gasteiger partial charge on any atom is -1.00 e. The molecule has 3 nitrogen and oxygen atoms in total. The Balaban J connectivity index is 0.00000162. The molecule has 0 N–H and O–H groups in total. The Morgan fingerprint density at radius 2 is 1.44 bits per heavy atom. The van der Waals surface area contributed by atoms with E-state index in [1.54, 1.807) is 36.0 Å². The SMILES string of the molecule is CSc1ccc(Oc2ccc([N+]#N)cc2)cc1.[Cl-]. The molecule has 0 atom stereocenters. The molecule has 0 fully saturated rings. The highest BCUT2D eigenvalue weighted by Gasteiger charge is 2.04. The van der Waals surface area contributed by atoms with Gasteiger partial charge < -0.3 is 17.1 Å². The molecule has 0 heterocycles. The molecule has 0 amide bonds. The van der Waals surface area contributed by atoms with E-state index in [-0.39, 0.29) is 12.4 Å². The summed E-state index contributed by atoms with van der Waals surface area (Å²) < 4.78 is 5.64. The molecular weight excluding hydrogens is 268 g/mol. The van der Waals surface area contributed by atoms with Crippen LogP contribution >= 0.6 is 11.8 Å². The van der Waals surface area contributed by atoms with Crippen molar-refractivity contribution in [2.24, 2.45) is 0 Å². The standard InChI is InChI=1S/C13H11N2OS.ClH/c1-17-13-8-6-12(7-9-13)16-11-4-2-10(15-14)3-5-11;/h2-9H,1H3;1H/q+1;/p-1. The van der Waals surface area contributed by atoms with Crippen LogP contribution in [0.3, 0.4) is 0 Å². The first-order valence-corrected chi connectivity index (χ1v) is 6.31. The quantitative estimate of drug-likeness (QED) is 0.633. The summed E-state index contributed by atoms with van der Waals surface area (Å²) in [5, 5.41) is 8.56. The van der Waals surface area contributed by atoms with Crippen LogP contribution in [-0.4, -0.2) is 6.26 Å². The number of benzene rings is 2. The smallest absolute Gasteiger partial charge is 0.385 e. The molecule has 92 valence electrons. The van der Waals surface area contributed by atoms with Crippen LogP contribution in [0.2, 0.25) is 0 Å². The molecule has 0 aliphatic carbocycles. The summed E-state index contributed by atoms with van der Waals surface area (Å²) in [6.45, 7) is 0. The zero-order valence-corrected chi connectivity index (χ0v) is 11.3. The second kappa shape index (κ2) is 6.90. The van der Waals surface area contributed by atoms with Gasteiger partial charge in [0, 0.05) is 17.0 Å². The number of ether oxygens (including phenoxy) is 1. The van der Waals surface area contributed by atoms with E-state index >= 15 is 0 Å². The number of rotatable bonds is 3. The van der Waals surface area contributed by atoms with Gasteiger partial charge in [0.05, 0.1) is 0 Å². The van der Waals surface area contributed by atoms with Crippen LogP contribution in [0, 0.1) is 5.39 Å². The largest absolute Gasteiger partial charge is 1.00 e. The summed E-state index contributed by atoms with van der Waals surface area (Å²) in [5.74, 6) is 1.51. The molecule has 0 unspecified atom stereocenters. The molecule has 0 saturated heterocycles. The van der Waals surface area contributed by atoms with Gasteiger partial charge in [-0.25, -0.2) is 0 Å². The Morgan fingerprint density at radius 1 is 0.944 bits per heavy atom. The first kappa shape index (κ1) is 14.4. The minimum absolute atomic E-state index is 0. The Morgan fingerprint density at radius 3 is 1.89 bits per heavy atom. The summed E-state index contributed by atoms with van der Waals surface area (Å²) in [6, 6.07) is 14.8. The predicted octanol–water partition coefficient (Wildman–Crippen LogP) is 1.69. The zero-order chi connectivity index (χ0) is 12.1. The average molecular weight is 279 g/mol. The van der Waals surface area contributed by atoms with Crippen molar-refractivity contribution < 1.29 is 17.1 Å². The molecule has 2 aromatic carbocycles. The zero-order valence-electron chi connectivity index (χ0n) is 9.71. The normalized spacial score (nSPS) is 9.11. The van der Waals surface area contributed by atoms with Gasteiger partial charge in [0.25, 0.3) is 0 Å². The van der Waals surface area contributed by atoms with Crippen LogP contribution in [0.15, 0.2) is 53.4 Å². The fourth-order valence-corrected chi connectivity index (χ4v) is 1.77. The topological polar surface area (TPSA) is 37.4 Å².